The molecule has 10 rings (SSSR count). The van der Waals surface area contributed by atoms with Crippen molar-refractivity contribution in [3.8, 4) is 22.5 Å². The van der Waals surface area contributed by atoms with E-state index in [1.54, 1.807) is 60.7 Å². The fourth-order valence-electron chi connectivity index (χ4n) is 8.00. The number of sulfone groups is 4. The highest BCUT2D eigenvalue weighted by Crippen LogP contribution is 2.59. The molecule has 3 aliphatic rings. The lowest BCUT2D eigenvalue weighted by Gasteiger charge is -2.40. The number of hydrogen-bond donors (Lipinski definition) is 0. The van der Waals surface area contributed by atoms with E-state index >= 15 is 0 Å². The van der Waals surface area contributed by atoms with E-state index in [0.29, 0.717) is 22.3 Å². The van der Waals surface area contributed by atoms with Crippen molar-refractivity contribution in [1.29, 1.82) is 0 Å². The molecular formula is C44H28N4O8S4. The van der Waals surface area contributed by atoms with Crippen LogP contribution in [0.4, 0.5) is 0 Å². The van der Waals surface area contributed by atoms with Crippen LogP contribution in [-0.2, 0) is 39.3 Å². The second-order valence-corrected chi connectivity index (χ2v) is 21.6. The van der Waals surface area contributed by atoms with E-state index in [1.165, 1.54) is 97.1 Å². The van der Waals surface area contributed by atoms with Crippen LogP contribution in [-0.4, -0.2) is 53.6 Å². The minimum absolute atomic E-state index is 0.0849. The van der Waals surface area contributed by atoms with Crippen LogP contribution >= 0.6 is 0 Å². The molecule has 12 nitrogen and oxygen atoms in total. The summed E-state index contributed by atoms with van der Waals surface area (Å²) in [6, 6.07) is 34.5. The van der Waals surface area contributed by atoms with Crippen molar-refractivity contribution in [2.75, 3.05) is 0 Å². The summed E-state index contributed by atoms with van der Waals surface area (Å²) in [5.41, 5.74) is 2.35. The van der Waals surface area contributed by atoms with Gasteiger partial charge in [0, 0.05) is 23.0 Å². The maximum absolute atomic E-state index is 14.5. The Morgan fingerprint density at radius 1 is 0.383 bits per heavy atom. The number of benzene rings is 5. The van der Waals surface area contributed by atoms with E-state index in [2.05, 4.69) is 0 Å². The number of rotatable bonds is 8. The average molecular weight is 869 g/mol. The van der Waals surface area contributed by atoms with Crippen molar-refractivity contribution in [1.82, 2.24) is 19.9 Å². The van der Waals surface area contributed by atoms with Crippen molar-refractivity contribution in [2.45, 2.75) is 51.5 Å². The van der Waals surface area contributed by atoms with E-state index in [1.807, 2.05) is 0 Å². The Kier molecular flexibility index (Phi) is 8.53. The molecule has 7 aromatic rings. The SMILES string of the molecule is O=S(=O)(c1ccccc1)c1nc2c(nc1S(=O)(=O)c1ccccc1)-c1cccc3c1C1C2=CC=CC1c1nc(S(=O)(=O)c2ccccc2)c(S(=O)(=O)c2ccccc2)nc1-3. The molecule has 2 unspecified atom stereocenters. The van der Waals surface area contributed by atoms with Gasteiger partial charge in [-0.2, -0.15) is 0 Å². The van der Waals surface area contributed by atoms with Gasteiger partial charge in [-0.15, -0.1) is 0 Å². The van der Waals surface area contributed by atoms with Crippen molar-refractivity contribution < 1.29 is 33.7 Å². The van der Waals surface area contributed by atoms with E-state index in [-0.39, 0.29) is 42.4 Å². The van der Waals surface area contributed by atoms with E-state index < -0.39 is 71.3 Å². The summed E-state index contributed by atoms with van der Waals surface area (Å²) in [5, 5.41) is -3.03. The molecule has 0 fully saturated rings. The molecule has 296 valence electrons. The largest absolute Gasteiger partial charge is 0.235 e. The Morgan fingerprint density at radius 2 is 0.750 bits per heavy atom. The zero-order valence-electron chi connectivity index (χ0n) is 30.9. The highest BCUT2D eigenvalue weighted by atomic mass is 32.2. The highest BCUT2D eigenvalue weighted by molar-refractivity contribution is 7.95. The van der Waals surface area contributed by atoms with Crippen LogP contribution in [0.25, 0.3) is 28.1 Å². The first kappa shape index (κ1) is 37.8. The van der Waals surface area contributed by atoms with Gasteiger partial charge in [-0.1, -0.05) is 109 Å². The number of nitrogens with zero attached hydrogens (tertiary/aromatic N) is 4. The Morgan fingerprint density at radius 3 is 1.18 bits per heavy atom. The maximum atomic E-state index is 14.5. The first-order valence-electron chi connectivity index (χ1n) is 18.4. The number of allylic oxidation sites excluding steroid dienone is 4. The van der Waals surface area contributed by atoms with Crippen LogP contribution in [0, 0.1) is 0 Å². The van der Waals surface area contributed by atoms with Crippen molar-refractivity contribution in [3.63, 3.8) is 0 Å². The summed E-state index contributed by atoms with van der Waals surface area (Å²) in [5.74, 6) is -1.42. The molecular weight excluding hydrogens is 841 g/mol. The van der Waals surface area contributed by atoms with Gasteiger partial charge in [0.25, 0.3) is 0 Å². The van der Waals surface area contributed by atoms with Crippen molar-refractivity contribution >= 4 is 44.9 Å². The summed E-state index contributed by atoms with van der Waals surface area (Å²) in [7, 11) is -18.4. The molecule has 2 aromatic heterocycles. The topological polar surface area (TPSA) is 188 Å². The molecule has 2 atom stereocenters. The first-order valence-corrected chi connectivity index (χ1v) is 24.3. The molecule has 0 spiro atoms. The third-order valence-corrected chi connectivity index (χ3v) is 17.7. The molecule has 0 aliphatic heterocycles. The van der Waals surface area contributed by atoms with Gasteiger partial charge in [0.1, 0.15) is 0 Å². The molecule has 0 amide bonds. The Hall–Kier alpha value is -6.46. The average Bonchev–Trinajstić information content (AvgIpc) is 3.29. The smallest absolute Gasteiger partial charge is 0.226 e. The minimum atomic E-state index is -4.60. The first-order chi connectivity index (χ1) is 28.8. The molecule has 0 saturated carbocycles. The third kappa shape index (κ3) is 5.58. The molecule has 3 aliphatic carbocycles. The Labute approximate surface area is 345 Å². The predicted octanol–water partition coefficient (Wildman–Crippen LogP) is 7.08. The van der Waals surface area contributed by atoms with E-state index in [9.17, 15) is 33.7 Å². The summed E-state index contributed by atoms with van der Waals surface area (Å²) in [4.78, 5) is 18.1. The summed E-state index contributed by atoms with van der Waals surface area (Å²) < 4.78 is 116. The van der Waals surface area contributed by atoms with Crippen LogP contribution in [0.15, 0.2) is 197 Å². The molecule has 2 heterocycles. The summed E-state index contributed by atoms with van der Waals surface area (Å²) in [6.45, 7) is 0. The summed E-state index contributed by atoms with van der Waals surface area (Å²) in [6.07, 6.45) is 5.21. The Balaban J connectivity index is 1.27. The standard InChI is InChI=1S/C44H28N4O8S4/c49-57(50,27-15-5-1-6-16-27)41-42(58(51,52)28-17-7-2-8-18-28)46-38-32-24-14-26-34-36(32)35-31(37(38)45-41)23-13-25-33(35)39-40(34)48-44(60(55,56)30-21-11-4-12-22-30)43(47-39)59(53,54)29-19-9-3-10-20-29/h1-26,31,35H. The van der Waals surface area contributed by atoms with Gasteiger partial charge in [0.15, 0.2) is 20.1 Å². The third-order valence-electron chi connectivity index (χ3n) is 10.7. The lowest BCUT2D eigenvalue weighted by atomic mass is 9.64. The molecule has 5 aromatic carbocycles. The van der Waals surface area contributed by atoms with Gasteiger partial charge in [-0.3, -0.25) is 0 Å². The lowest BCUT2D eigenvalue weighted by molar-refractivity contribution is 0.565. The van der Waals surface area contributed by atoms with Crippen molar-refractivity contribution in [3.05, 3.63) is 175 Å². The highest BCUT2D eigenvalue weighted by Gasteiger charge is 2.47. The monoisotopic (exact) mass is 868 g/mol. The zero-order chi connectivity index (χ0) is 41.6. The summed E-state index contributed by atoms with van der Waals surface area (Å²) >= 11 is 0. The van der Waals surface area contributed by atoms with Crippen LogP contribution in [0.1, 0.15) is 28.8 Å². The van der Waals surface area contributed by atoms with Gasteiger partial charge in [0.05, 0.1) is 42.4 Å². The second kappa shape index (κ2) is 13.5. The molecule has 0 saturated heterocycles. The molecule has 16 heteroatoms. The normalized spacial score (nSPS) is 16.6. The fraction of sp³-hybridized carbons (Fsp3) is 0.0455. The quantitative estimate of drug-likeness (QED) is 0.151. The van der Waals surface area contributed by atoms with E-state index in [0.717, 1.165) is 0 Å². The number of fused-ring (bicyclic) bond motifs is 6. The zero-order valence-corrected chi connectivity index (χ0v) is 34.1. The van der Waals surface area contributed by atoms with Crippen LogP contribution < -0.4 is 0 Å². The van der Waals surface area contributed by atoms with Gasteiger partial charge in [-0.25, -0.2) is 53.6 Å². The van der Waals surface area contributed by atoms with Crippen LogP contribution in [0.3, 0.4) is 0 Å². The van der Waals surface area contributed by atoms with Crippen LogP contribution in [0.2, 0.25) is 0 Å². The maximum Gasteiger partial charge on any atom is 0.226 e. The van der Waals surface area contributed by atoms with E-state index in [4.69, 9.17) is 19.9 Å². The van der Waals surface area contributed by atoms with Gasteiger partial charge < -0.3 is 0 Å². The number of aromatic nitrogens is 4. The predicted molar refractivity (Wildman–Crippen MR) is 219 cm³/mol. The molecule has 0 bridgehead atoms. The van der Waals surface area contributed by atoms with Gasteiger partial charge >= 0.3 is 0 Å². The lowest BCUT2D eigenvalue weighted by Crippen LogP contribution is -2.28. The van der Waals surface area contributed by atoms with Gasteiger partial charge in [0.2, 0.25) is 39.3 Å². The number of hydrogen-bond acceptors (Lipinski definition) is 12. The van der Waals surface area contributed by atoms with Crippen LogP contribution in [0.5, 0.6) is 0 Å². The fourth-order valence-corrected chi connectivity index (χ4v) is 14.2. The molecule has 0 N–H and O–H groups in total. The Bertz CT molecular complexity index is 3460. The van der Waals surface area contributed by atoms with Gasteiger partial charge in [-0.05, 0) is 59.7 Å². The second-order valence-electron chi connectivity index (χ2n) is 14.1. The molecule has 60 heavy (non-hydrogen) atoms. The molecule has 0 radical (unpaired) electrons. The van der Waals surface area contributed by atoms with Crippen molar-refractivity contribution in [2.24, 2.45) is 0 Å². The minimum Gasteiger partial charge on any atom is -0.235 e.